The molecule has 0 amide bonds. The fourth-order valence-corrected chi connectivity index (χ4v) is 9.87. The van der Waals surface area contributed by atoms with Crippen LogP contribution in [0.15, 0.2) is 192 Å². The van der Waals surface area contributed by atoms with Gasteiger partial charge in [-0.05, 0) is 86.5 Å². The molecule has 2 aliphatic carbocycles. The second kappa shape index (κ2) is 11.4. The van der Waals surface area contributed by atoms with E-state index in [0.717, 1.165) is 39.0 Å². The summed E-state index contributed by atoms with van der Waals surface area (Å²) < 4.78 is 6.93. The van der Waals surface area contributed by atoms with Crippen molar-refractivity contribution in [3.8, 4) is 22.3 Å². The average molecular weight is 692 g/mol. The summed E-state index contributed by atoms with van der Waals surface area (Å²) >= 11 is 0. The van der Waals surface area contributed by atoms with E-state index in [2.05, 4.69) is 207 Å². The molecule has 2 aliphatic rings. The normalized spacial score (nSPS) is 14.4. The van der Waals surface area contributed by atoms with Crippen LogP contribution in [0.2, 0.25) is 0 Å². The predicted molar refractivity (Wildman–Crippen MR) is 223 cm³/mol. The van der Waals surface area contributed by atoms with Gasteiger partial charge in [-0.2, -0.15) is 0 Å². The van der Waals surface area contributed by atoms with Crippen LogP contribution in [0.25, 0.3) is 44.2 Å². The topological polar surface area (TPSA) is 16.4 Å². The monoisotopic (exact) mass is 691 g/mol. The lowest BCUT2D eigenvalue weighted by Gasteiger charge is -2.34. The van der Waals surface area contributed by atoms with Crippen LogP contribution in [-0.4, -0.2) is 0 Å². The summed E-state index contributed by atoms with van der Waals surface area (Å²) in [6.07, 6.45) is 0. The molecule has 0 spiro atoms. The number of rotatable bonds is 5. The number of hydrogen-bond donors (Lipinski definition) is 0. The van der Waals surface area contributed by atoms with Crippen LogP contribution >= 0.6 is 0 Å². The molecular weight excluding hydrogens is 655 g/mol. The Balaban J connectivity index is 1.17. The summed E-state index contributed by atoms with van der Waals surface area (Å²) in [5.74, 6) is 0. The molecular formula is C52H37NO. The van der Waals surface area contributed by atoms with Gasteiger partial charge in [0.05, 0.1) is 11.1 Å². The van der Waals surface area contributed by atoms with E-state index >= 15 is 0 Å². The van der Waals surface area contributed by atoms with Crippen LogP contribution < -0.4 is 4.90 Å². The third-order valence-electron chi connectivity index (χ3n) is 12.1. The summed E-state index contributed by atoms with van der Waals surface area (Å²) in [6.45, 7) is 4.69. The summed E-state index contributed by atoms with van der Waals surface area (Å²) in [6, 6.07) is 68.7. The smallest absolute Gasteiger partial charge is 0.137 e. The maximum Gasteiger partial charge on any atom is 0.137 e. The van der Waals surface area contributed by atoms with Gasteiger partial charge >= 0.3 is 0 Å². The van der Waals surface area contributed by atoms with Crippen LogP contribution in [0, 0.1) is 0 Å². The molecule has 9 aromatic rings. The molecule has 1 heterocycles. The van der Waals surface area contributed by atoms with E-state index < -0.39 is 5.41 Å². The van der Waals surface area contributed by atoms with E-state index in [1.165, 1.54) is 55.6 Å². The largest absolute Gasteiger partial charge is 0.456 e. The first-order valence-electron chi connectivity index (χ1n) is 18.9. The van der Waals surface area contributed by atoms with Crippen molar-refractivity contribution in [3.63, 3.8) is 0 Å². The highest BCUT2D eigenvalue weighted by molar-refractivity contribution is 6.10. The van der Waals surface area contributed by atoms with Gasteiger partial charge in [-0.15, -0.1) is 0 Å². The summed E-state index contributed by atoms with van der Waals surface area (Å²) in [7, 11) is 0. The molecule has 0 aliphatic heterocycles. The lowest BCUT2D eigenvalue weighted by atomic mass is 9.66. The summed E-state index contributed by atoms with van der Waals surface area (Å²) in [4.78, 5) is 2.40. The SMILES string of the molecule is CC1(C)c2ccccc2-c2c(N(c3ccccc3)c3ccc4c(c3)oc3cccc(C5(c6ccccc6)c6ccccc6-c6ccccc65)c34)cccc21. The van der Waals surface area contributed by atoms with E-state index in [4.69, 9.17) is 4.42 Å². The average Bonchev–Trinajstić information content (AvgIpc) is 3.83. The minimum atomic E-state index is -0.524. The zero-order valence-electron chi connectivity index (χ0n) is 30.3. The van der Waals surface area contributed by atoms with Crippen molar-refractivity contribution in [2.24, 2.45) is 0 Å². The second-order valence-electron chi connectivity index (χ2n) is 15.2. The molecule has 0 N–H and O–H groups in total. The predicted octanol–water partition coefficient (Wildman–Crippen LogP) is 13.7. The molecule has 0 atom stereocenters. The molecule has 0 saturated heterocycles. The number of benzene rings is 8. The first-order chi connectivity index (χ1) is 26.6. The highest BCUT2D eigenvalue weighted by Crippen LogP contribution is 2.58. The van der Waals surface area contributed by atoms with Gasteiger partial charge < -0.3 is 9.32 Å². The van der Waals surface area contributed by atoms with Crippen molar-refractivity contribution in [2.75, 3.05) is 4.90 Å². The highest BCUT2D eigenvalue weighted by atomic mass is 16.3. The molecule has 2 heteroatoms. The van der Waals surface area contributed by atoms with E-state index in [0.29, 0.717) is 0 Å². The minimum absolute atomic E-state index is 0.102. The fourth-order valence-electron chi connectivity index (χ4n) is 9.87. The highest BCUT2D eigenvalue weighted by Gasteiger charge is 2.47. The van der Waals surface area contributed by atoms with Crippen molar-refractivity contribution in [1.29, 1.82) is 0 Å². The summed E-state index contributed by atoms with van der Waals surface area (Å²) in [5, 5.41) is 2.26. The van der Waals surface area contributed by atoms with Crippen molar-refractivity contribution in [3.05, 3.63) is 221 Å². The standard InChI is InChI=1S/C52H37NO/c1-51(2)41-24-12-11-23-39(41)49-44(51)27-15-29-46(49)53(35-19-7-4-8-20-35)36-31-32-40-48(33-36)54-47-30-16-28-45(50(40)47)52(34-17-5-3-6-18-34)42-25-13-9-21-37(42)38-22-10-14-26-43(38)52/h3-33H,1-2H3. The molecule has 1 aromatic heterocycles. The number of nitrogens with zero attached hydrogens (tertiary/aromatic N) is 1. The van der Waals surface area contributed by atoms with E-state index in [-0.39, 0.29) is 5.41 Å². The first-order valence-corrected chi connectivity index (χ1v) is 18.9. The van der Waals surface area contributed by atoms with Gasteiger partial charge in [-0.3, -0.25) is 0 Å². The molecule has 8 aromatic carbocycles. The lowest BCUT2D eigenvalue weighted by Crippen LogP contribution is -2.28. The van der Waals surface area contributed by atoms with Crippen molar-refractivity contribution in [1.82, 2.24) is 0 Å². The Labute approximate surface area is 315 Å². The van der Waals surface area contributed by atoms with Gasteiger partial charge in [-0.1, -0.05) is 159 Å². The number of furan rings is 1. The van der Waals surface area contributed by atoms with Crippen LogP contribution in [0.1, 0.15) is 47.2 Å². The number of anilines is 3. The molecule has 54 heavy (non-hydrogen) atoms. The zero-order chi connectivity index (χ0) is 36.0. The molecule has 0 bridgehead atoms. The van der Waals surface area contributed by atoms with Crippen LogP contribution in [0.3, 0.4) is 0 Å². The molecule has 0 saturated carbocycles. The van der Waals surface area contributed by atoms with Crippen molar-refractivity contribution >= 4 is 39.0 Å². The molecule has 0 fully saturated rings. The van der Waals surface area contributed by atoms with E-state index in [9.17, 15) is 0 Å². The molecule has 2 nitrogen and oxygen atoms in total. The maximum absolute atomic E-state index is 6.93. The van der Waals surface area contributed by atoms with Crippen molar-refractivity contribution < 1.29 is 4.42 Å². The zero-order valence-corrected chi connectivity index (χ0v) is 30.3. The van der Waals surface area contributed by atoms with Crippen LogP contribution in [-0.2, 0) is 10.8 Å². The Bertz CT molecular complexity index is 2870. The Morgan fingerprint density at radius 3 is 1.72 bits per heavy atom. The Morgan fingerprint density at radius 2 is 1.00 bits per heavy atom. The first kappa shape index (κ1) is 30.9. The minimum Gasteiger partial charge on any atom is -0.456 e. The van der Waals surface area contributed by atoms with Gasteiger partial charge in [0, 0.05) is 39.2 Å². The van der Waals surface area contributed by atoms with Crippen molar-refractivity contribution in [2.45, 2.75) is 24.7 Å². The van der Waals surface area contributed by atoms with Gasteiger partial charge in [0.1, 0.15) is 11.2 Å². The third-order valence-corrected chi connectivity index (χ3v) is 12.1. The maximum atomic E-state index is 6.93. The molecule has 0 radical (unpaired) electrons. The van der Waals surface area contributed by atoms with Gasteiger partial charge in [0.25, 0.3) is 0 Å². The van der Waals surface area contributed by atoms with Gasteiger partial charge in [-0.25, -0.2) is 0 Å². The Hall–Kier alpha value is -6.64. The Morgan fingerprint density at radius 1 is 0.426 bits per heavy atom. The number of hydrogen-bond acceptors (Lipinski definition) is 2. The summed E-state index contributed by atoms with van der Waals surface area (Å²) in [5.41, 5.74) is 17.4. The Kier molecular flexibility index (Phi) is 6.55. The molecule has 256 valence electrons. The number of para-hydroxylation sites is 1. The van der Waals surface area contributed by atoms with Gasteiger partial charge in [0.15, 0.2) is 0 Å². The molecule has 11 rings (SSSR count). The number of fused-ring (bicyclic) bond motifs is 9. The third kappa shape index (κ3) is 4.11. The van der Waals surface area contributed by atoms with E-state index in [1.54, 1.807) is 0 Å². The van der Waals surface area contributed by atoms with Crippen LogP contribution in [0.5, 0.6) is 0 Å². The molecule has 0 unspecified atom stereocenters. The second-order valence-corrected chi connectivity index (χ2v) is 15.2. The van der Waals surface area contributed by atoms with Gasteiger partial charge in [0.2, 0.25) is 0 Å². The van der Waals surface area contributed by atoms with Crippen LogP contribution in [0.4, 0.5) is 17.1 Å². The van der Waals surface area contributed by atoms with E-state index in [1.807, 2.05) is 0 Å². The lowest BCUT2D eigenvalue weighted by molar-refractivity contribution is 0.660. The quantitative estimate of drug-likeness (QED) is 0.179. The fraction of sp³-hybridized carbons (Fsp3) is 0.0769.